The van der Waals surface area contributed by atoms with Gasteiger partial charge in [-0.05, 0) is 45.0 Å². The molecule has 3 aromatic rings. The van der Waals surface area contributed by atoms with Gasteiger partial charge < -0.3 is 9.64 Å². The van der Waals surface area contributed by atoms with E-state index >= 15 is 0 Å². The zero-order valence-corrected chi connectivity index (χ0v) is 20.1. The number of aromatic nitrogens is 3. The fourth-order valence-electron chi connectivity index (χ4n) is 3.32. The minimum atomic E-state index is -4.68. The van der Waals surface area contributed by atoms with Crippen molar-refractivity contribution in [2.45, 2.75) is 39.4 Å². The molecule has 33 heavy (non-hydrogen) atoms. The van der Waals surface area contributed by atoms with Gasteiger partial charge in [0.15, 0.2) is 0 Å². The van der Waals surface area contributed by atoms with Gasteiger partial charge in [-0.25, -0.2) is 19.3 Å². The highest BCUT2D eigenvalue weighted by molar-refractivity contribution is 7.16. The van der Waals surface area contributed by atoms with E-state index in [0.29, 0.717) is 52.3 Å². The van der Waals surface area contributed by atoms with Crippen molar-refractivity contribution in [2.24, 2.45) is 0 Å². The van der Waals surface area contributed by atoms with Crippen LogP contribution in [-0.4, -0.2) is 41.3 Å². The average Bonchev–Trinajstić information content (AvgIpc) is 3.09. The van der Waals surface area contributed by atoms with E-state index in [1.165, 1.54) is 11.3 Å². The molecule has 0 amide bonds. The Morgan fingerprint density at radius 2 is 1.85 bits per heavy atom. The number of hydrogen-bond acceptors (Lipinski definition) is 6. The molecule has 11 heteroatoms. The molecule has 0 aliphatic rings. The van der Waals surface area contributed by atoms with Crippen molar-refractivity contribution in [3.63, 3.8) is 0 Å². The molecule has 0 saturated heterocycles. The predicted molar refractivity (Wildman–Crippen MR) is 121 cm³/mol. The van der Waals surface area contributed by atoms with Gasteiger partial charge in [0, 0.05) is 31.7 Å². The van der Waals surface area contributed by atoms with E-state index in [0.717, 1.165) is 12.1 Å². The summed E-state index contributed by atoms with van der Waals surface area (Å²) in [6.45, 7) is 6.52. The SMILES string of the molecule is COCCN(c1sc(Cc2cc(Cl)nc(C)n2)nc1-c1cc(F)cc(C(F)(F)F)c1)C(C)C. The van der Waals surface area contributed by atoms with Crippen LogP contribution in [0.25, 0.3) is 11.3 Å². The number of rotatable bonds is 8. The summed E-state index contributed by atoms with van der Waals surface area (Å²) < 4.78 is 59.4. The highest BCUT2D eigenvalue weighted by Gasteiger charge is 2.32. The van der Waals surface area contributed by atoms with Gasteiger partial charge in [-0.1, -0.05) is 11.6 Å². The van der Waals surface area contributed by atoms with E-state index in [9.17, 15) is 17.6 Å². The van der Waals surface area contributed by atoms with Gasteiger partial charge in [-0.3, -0.25) is 0 Å². The van der Waals surface area contributed by atoms with Crippen molar-refractivity contribution in [2.75, 3.05) is 25.2 Å². The number of aryl methyl sites for hydroxylation is 1. The predicted octanol–water partition coefficient (Wildman–Crippen LogP) is 6.17. The third-order valence-electron chi connectivity index (χ3n) is 4.76. The lowest BCUT2D eigenvalue weighted by Crippen LogP contribution is -2.33. The second-order valence-corrected chi connectivity index (χ2v) is 9.12. The Bertz CT molecular complexity index is 1100. The number of ether oxygens (including phenoxy) is 1. The Morgan fingerprint density at radius 1 is 1.12 bits per heavy atom. The van der Waals surface area contributed by atoms with Crippen LogP contribution in [0.5, 0.6) is 0 Å². The Labute approximate surface area is 198 Å². The smallest absolute Gasteiger partial charge is 0.383 e. The lowest BCUT2D eigenvalue weighted by Gasteiger charge is -2.28. The van der Waals surface area contributed by atoms with Gasteiger partial charge in [0.05, 0.1) is 17.9 Å². The van der Waals surface area contributed by atoms with E-state index in [1.807, 2.05) is 18.7 Å². The number of nitrogens with zero attached hydrogens (tertiary/aromatic N) is 4. The largest absolute Gasteiger partial charge is 0.416 e. The molecule has 0 atom stereocenters. The second-order valence-electron chi connectivity index (χ2n) is 7.67. The fourth-order valence-corrected chi connectivity index (χ4v) is 4.83. The molecule has 0 radical (unpaired) electrons. The maximum Gasteiger partial charge on any atom is 0.416 e. The van der Waals surface area contributed by atoms with Crippen LogP contribution in [0.1, 0.15) is 35.9 Å². The Kier molecular flexibility index (Phi) is 7.92. The molecule has 0 fully saturated rings. The monoisotopic (exact) mass is 502 g/mol. The lowest BCUT2D eigenvalue weighted by molar-refractivity contribution is -0.137. The number of hydrogen-bond donors (Lipinski definition) is 0. The molecule has 0 unspecified atom stereocenters. The first-order valence-corrected chi connectivity index (χ1v) is 11.3. The van der Waals surface area contributed by atoms with Gasteiger partial charge in [0.25, 0.3) is 0 Å². The van der Waals surface area contributed by atoms with Crippen LogP contribution in [0.4, 0.5) is 22.6 Å². The van der Waals surface area contributed by atoms with E-state index in [1.54, 1.807) is 20.1 Å². The van der Waals surface area contributed by atoms with Crippen LogP contribution < -0.4 is 4.90 Å². The number of alkyl halides is 3. The number of halogens is 5. The standard InChI is InChI=1S/C22H23ClF4N4OS/c1-12(2)31(5-6-32-4)21-20(14-7-15(22(25,26)27)9-16(24)8-14)30-19(33-21)11-17-10-18(23)29-13(3)28-17/h7-10,12H,5-6,11H2,1-4H3. The van der Waals surface area contributed by atoms with Crippen molar-refractivity contribution in [3.8, 4) is 11.3 Å². The average molecular weight is 503 g/mol. The Morgan fingerprint density at radius 3 is 2.45 bits per heavy atom. The van der Waals surface area contributed by atoms with Gasteiger partial charge >= 0.3 is 6.18 Å². The summed E-state index contributed by atoms with van der Waals surface area (Å²) in [6.07, 6.45) is -4.38. The zero-order chi connectivity index (χ0) is 24.3. The first-order chi connectivity index (χ1) is 15.5. The van der Waals surface area contributed by atoms with E-state index in [-0.39, 0.29) is 17.3 Å². The second kappa shape index (κ2) is 10.3. The Balaban J connectivity index is 2.13. The molecular weight excluding hydrogens is 480 g/mol. The molecule has 2 aromatic heterocycles. The first kappa shape index (κ1) is 25.3. The fraction of sp³-hybridized carbons (Fsp3) is 0.409. The van der Waals surface area contributed by atoms with Crippen LogP contribution in [0, 0.1) is 12.7 Å². The molecule has 3 rings (SSSR count). The first-order valence-electron chi connectivity index (χ1n) is 10.1. The van der Waals surface area contributed by atoms with Gasteiger partial charge in [-0.15, -0.1) is 11.3 Å². The molecule has 0 saturated carbocycles. The topological polar surface area (TPSA) is 51.1 Å². The number of thiazole rings is 1. The van der Waals surface area contributed by atoms with Crippen LogP contribution in [0.15, 0.2) is 24.3 Å². The molecule has 1 aromatic carbocycles. The lowest BCUT2D eigenvalue weighted by atomic mass is 10.1. The quantitative estimate of drug-likeness (QED) is 0.272. The van der Waals surface area contributed by atoms with Crippen LogP contribution >= 0.6 is 22.9 Å². The highest BCUT2D eigenvalue weighted by atomic mass is 35.5. The molecule has 0 N–H and O–H groups in total. The van der Waals surface area contributed by atoms with E-state index in [4.69, 9.17) is 16.3 Å². The summed E-state index contributed by atoms with van der Waals surface area (Å²) in [6, 6.07) is 4.08. The molecule has 2 heterocycles. The van der Waals surface area contributed by atoms with E-state index < -0.39 is 17.6 Å². The number of benzene rings is 1. The van der Waals surface area contributed by atoms with Crippen LogP contribution in [0.3, 0.4) is 0 Å². The molecule has 0 bridgehead atoms. The molecule has 178 valence electrons. The molecule has 0 aliphatic heterocycles. The molecule has 0 aliphatic carbocycles. The van der Waals surface area contributed by atoms with E-state index in [2.05, 4.69) is 15.0 Å². The third-order valence-corrected chi connectivity index (χ3v) is 6.05. The maximum atomic E-state index is 14.2. The van der Waals surface area contributed by atoms with Gasteiger partial charge in [-0.2, -0.15) is 13.2 Å². The molecular formula is C22H23ClF4N4OS. The van der Waals surface area contributed by atoms with Crippen molar-refractivity contribution in [1.82, 2.24) is 15.0 Å². The van der Waals surface area contributed by atoms with Gasteiger partial charge in [0.1, 0.15) is 32.5 Å². The summed E-state index contributed by atoms with van der Waals surface area (Å²) >= 11 is 7.36. The van der Waals surface area contributed by atoms with Gasteiger partial charge in [0.2, 0.25) is 0 Å². The van der Waals surface area contributed by atoms with Crippen molar-refractivity contribution in [1.29, 1.82) is 0 Å². The number of anilines is 1. The summed E-state index contributed by atoms with van der Waals surface area (Å²) in [7, 11) is 1.57. The van der Waals surface area contributed by atoms with Crippen LogP contribution in [0.2, 0.25) is 5.15 Å². The zero-order valence-electron chi connectivity index (χ0n) is 18.5. The third kappa shape index (κ3) is 6.39. The van der Waals surface area contributed by atoms with Crippen molar-refractivity contribution in [3.05, 3.63) is 57.3 Å². The number of methoxy groups -OCH3 is 1. The summed E-state index contributed by atoms with van der Waals surface area (Å²) in [5.41, 5.74) is -0.103. The minimum absolute atomic E-state index is 0.00131. The summed E-state index contributed by atoms with van der Waals surface area (Å²) in [4.78, 5) is 15.0. The summed E-state index contributed by atoms with van der Waals surface area (Å²) in [5, 5.41) is 1.53. The highest BCUT2D eigenvalue weighted by Crippen LogP contribution is 2.40. The maximum absolute atomic E-state index is 14.2. The van der Waals surface area contributed by atoms with Crippen LogP contribution in [-0.2, 0) is 17.3 Å². The normalized spacial score (nSPS) is 11.9. The molecule has 5 nitrogen and oxygen atoms in total. The van der Waals surface area contributed by atoms with Crippen molar-refractivity contribution >= 4 is 27.9 Å². The van der Waals surface area contributed by atoms with Crippen molar-refractivity contribution < 1.29 is 22.3 Å². The minimum Gasteiger partial charge on any atom is -0.383 e. The summed E-state index contributed by atoms with van der Waals surface area (Å²) in [5.74, 6) is -0.482. The Hall–Kier alpha value is -2.30. The molecule has 0 spiro atoms.